The summed E-state index contributed by atoms with van der Waals surface area (Å²) in [7, 11) is 0. The first-order chi connectivity index (χ1) is 7.16. The zero-order valence-electron chi connectivity index (χ0n) is 8.76. The van der Waals surface area contributed by atoms with E-state index >= 15 is 0 Å². The van der Waals surface area contributed by atoms with E-state index in [2.05, 4.69) is 12.2 Å². The average molecular weight is 244 g/mol. The second kappa shape index (κ2) is 4.63. The van der Waals surface area contributed by atoms with Crippen molar-refractivity contribution in [2.75, 3.05) is 5.32 Å². The highest BCUT2D eigenvalue weighted by Gasteiger charge is 2.23. The maximum absolute atomic E-state index is 6.10. The van der Waals surface area contributed by atoms with Crippen molar-refractivity contribution in [1.82, 2.24) is 0 Å². The lowest BCUT2D eigenvalue weighted by Gasteiger charge is -2.16. The van der Waals surface area contributed by atoms with Crippen LogP contribution < -0.4 is 5.32 Å². The molecule has 0 spiro atoms. The van der Waals surface area contributed by atoms with E-state index in [1.807, 2.05) is 12.1 Å². The number of nitrogens with one attached hydrogen (secondary N) is 1. The standard InChI is InChI=1S/C12H15Cl2N/c1-8(7-9-5-6-9)15-11-4-2-3-10(13)12(11)14/h2-4,8-9,15H,5-7H2,1H3. The molecule has 0 aliphatic heterocycles. The molecule has 1 aliphatic rings. The van der Waals surface area contributed by atoms with Gasteiger partial charge in [0, 0.05) is 6.04 Å². The molecule has 1 atom stereocenters. The van der Waals surface area contributed by atoms with Gasteiger partial charge in [-0.2, -0.15) is 0 Å². The number of hydrogen-bond acceptors (Lipinski definition) is 1. The first kappa shape index (κ1) is 11.1. The van der Waals surface area contributed by atoms with Crippen LogP contribution in [0.2, 0.25) is 10.0 Å². The lowest BCUT2D eigenvalue weighted by molar-refractivity contribution is 0.642. The molecule has 2 rings (SSSR count). The molecular weight excluding hydrogens is 229 g/mol. The van der Waals surface area contributed by atoms with Crippen molar-refractivity contribution in [2.24, 2.45) is 5.92 Å². The largest absolute Gasteiger partial charge is 0.381 e. The number of halogens is 2. The molecule has 0 amide bonds. The molecule has 1 aromatic carbocycles. The highest BCUT2D eigenvalue weighted by Crippen LogP contribution is 2.35. The fraction of sp³-hybridized carbons (Fsp3) is 0.500. The van der Waals surface area contributed by atoms with Crippen LogP contribution in [0.4, 0.5) is 5.69 Å². The molecule has 0 radical (unpaired) electrons. The summed E-state index contributed by atoms with van der Waals surface area (Å²) in [4.78, 5) is 0. The molecule has 3 heteroatoms. The average Bonchev–Trinajstić information content (AvgIpc) is 2.97. The van der Waals surface area contributed by atoms with Crippen LogP contribution in [-0.4, -0.2) is 6.04 Å². The second-order valence-electron chi connectivity index (χ2n) is 4.33. The molecule has 1 aliphatic carbocycles. The van der Waals surface area contributed by atoms with E-state index in [0.29, 0.717) is 16.1 Å². The molecule has 15 heavy (non-hydrogen) atoms. The fourth-order valence-corrected chi connectivity index (χ4v) is 2.15. The highest BCUT2D eigenvalue weighted by atomic mass is 35.5. The maximum Gasteiger partial charge on any atom is 0.0823 e. The van der Waals surface area contributed by atoms with Crippen molar-refractivity contribution >= 4 is 28.9 Å². The monoisotopic (exact) mass is 243 g/mol. The van der Waals surface area contributed by atoms with Crippen LogP contribution in [0.1, 0.15) is 26.2 Å². The van der Waals surface area contributed by atoms with Crippen molar-refractivity contribution in [3.63, 3.8) is 0 Å². The van der Waals surface area contributed by atoms with Gasteiger partial charge in [-0.15, -0.1) is 0 Å². The maximum atomic E-state index is 6.10. The van der Waals surface area contributed by atoms with Gasteiger partial charge in [0.2, 0.25) is 0 Å². The van der Waals surface area contributed by atoms with Gasteiger partial charge in [-0.1, -0.05) is 42.1 Å². The third kappa shape index (κ3) is 3.02. The minimum absolute atomic E-state index is 0.466. The Kier molecular flexibility index (Phi) is 3.42. The molecule has 0 saturated heterocycles. The Morgan fingerprint density at radius 2 is 2.13 bits per heavy atom. The van der Waals surface area contributed by atoms with Gasteiger partial charge in [0.05, 0.1) is 15.7 Å². The predicted octanol–water partition coefficient (Wildman–Crippen LogP) is 4.59. The summed E-state index contributed by atoms with van der Waals surface area (Å²) >= 11 is 12.0. The summed E-state index contributed by atoms with van der Waals surface area (Å²) < 4.78 is 0. The van der Waals surface area contributed by atoms with E-state index in [4.69, 9.17) is 23.2 Å². The van der Waals surface area contributed by atoms with Gasteiger partial charge >= 0.3 is 0 Å². The van der Waals surface area contributed by atoms with Crippen LogP contribution in [0.15, 0.2) is 18.2 Å². The van der Waals surface area contributed by atoms with Crippen LogP contribution in [0, 0.1) is 5.92 Å². The van der Waals surface area contributed by atoms with Gasteiger partial charge < -0.3 is 5.32 Å². The molecular formula is C12H15Cl2N. The Morgan fingerprint density at radius 1 is 1.40 bits per heavy atom. The van der Waals surface area contributed by atoms with Gasteiger partial charge in [0.25, 0.3) is 0 Å². The minimum Gasteiger partial charge on any atom is -0.381 e. The van der Waals surface area contributed by atoms with E-state index in [1.54, 1.807) is 6.07 Å². The van der Waals surface area contributed by atoms with Crippen molar-refractivity contribution in [3.05, 3.63) is 28.2 Å². The number of rotatable bonds is 4. The molecule has 1 nitrogen and oxygen atoms in total. The number of hydrogen-bond donors (Lipinski definition) is 1. The zero-order valence-corrected chi connectivity index (χ0v) is 10.3. The first-order valence-corrected chi connectivity index (χ1v) is 6.13. The normalized spacial score (nSPS) is 17.5. The first-order valence-electron chi connectivity index (χ1n) is 5.37. The summed E-state index contributed by atoms with van der Waals surface area (Å²) in [5.41, 5.74) is 0.942. The SMILES string of the molecule is CC(CC1CC1)Nc1cccc(Cl)c1Cl. The van der Waals surface area contributed by atoms with Crippen molar-refractivity contribution in [3.8, 4) is 0 Å². The molecule has 0 aromatic heterocycles. The van der Waals surface area contributed by atoms with E-state index in [0.717, 1.165) is 11.6 Å². The van der Waals surface area contributed by atoms with Crippen molar-refractivity contribution < 1.29 is 0 Å². The Balaban J connectivity index is 1.99. The van der Waals surface area contributed by atoms with E-state index in [1.165, 1.54) is 19.3 Å². The van der Waals surface area contributed by atoms with Gasteiger partial charge in [0.15, 0.2) is 0 Å². The van der Waals surface area contributed by atoms with Crippen LogP contribution >= 0.6 is 23.2 Å². The molecule has 0 heterocycles. The van der Waals surface area contributed by atoms with Gasteiger partial charge in [-0.25, -0.2) is 0 Å². The molecule has 1 aromatic rings. The zero-order chi connectivity index (χ0) is 10.8. The second-order valence-corrected chi connectivity index (χ2v) is 5.11. The van der Waals surface area contributed by atoms with E-state index < -0.39 is 0 Å². The molecule has 1 unspecified atom stereocenters. The van der Waals surface area contributed by atoms with Crippen LogP contribution in [-0.2, 0) is 0 Å². The van der Waals surface area contributed by atoms with Crippen LogP contribution in [0.3, 0.4) is 0 Å². The summed E-state index contributed by atoms with van der Waals surface area (Å²) in [6.45, 7) is 2.19. The lowest BCUT2D eigenvalue weighted by Crippen LogP contribution is -2.15. The summed E-state index contributed by atoms with van der Waals surface area (Å²) in [6, 6.07) is 6.16. The van der Waals surface area contributed by atoms with Crippen LogP contribution in [0.25, 0.3) is 0 Å². The summed E-state index contributed by atoms with van der Waals surface area (Å²) in [6.07, 6.45) is 3.99. The van der Waals surface area contributed by atoms with E-state index in [-0.39, 0.29) is 0 Å². The summed E-state index contributed by atoms with van der Waals surface area (Å²) in [5, 5.41) is 4.64. The smallest absolute Gasteiger partial charge is 0.0823 e. The third-order valence-electron chi connectivity index (χ3n) is 2.74. The van der Waals surface area contributed by atoms with Gasteiger partial charge in [-0.05, 0) is 31.4 Å². The Labute approximate surface area is 101 Å². The lowest BCUT2D eigenvalue weighted by atomic mass is 10.1. The Bertz CT molecular complexity index is 347. The quantitative estimate of drug-likeness (QED) is 0.816. The molecule has 0 bridgehead atoms. The van der Waals surface area contributed by atoms with Gasteiger partial charge in [0.1, 0.15) is 0 Å². The topological polar surface area (TPSA) is 12.0 Å². The minimum atomic E-state index is 0.466. The summed E-state index contributed by atoms with van der Waals surface area (Å²) in [5.74, 6) is 0.922. The molecule has 82 valence electrons. The number of benzene rings is 1. The van der Waals surface area contributed by atoms with Crippen molar-refractivity contribution in [2.45, 2.75) is 32.2 Å². The Hall–Kier alpha value is -0.400. The third-order valence-corrected chi connectivity index (χ3v) is 3.56. The Morgan fingerprint density at radius 3 is 2.80 bits per heavy atom. The highest BCUT2D eigenvalue weighted by molar-refractivity contribution is 6.43. The molecule has 1 saturated carbocycles. The van der Waals surface area contributed by atoms with Gasteiger partial charge in [-0.3, -0.25) is 0 Å². The fourth-order valence-electron chi connectivity index (χ4n) is 1.79. The molecule has 1 fully saturated rings. The van der Waals surface area contributed by atoms with E-state index in [9.17, 15) is 0 Å². The molecule has 1 N–H and O–H groups in total. The predicted molar refractivity (Wildman–Crippen MR) is 66.9 cm³/mol. The van der Waals surface area contributed by atoms with Crippen molar-refractivity contribution in [1.29, 1.82) is 0 Å². The number of anilines is 1. The van der Waals surface area contributed by atoms with Crippen LogP contribution in [0.5, 0.6) is 0 Å².